The number of Topliss-reactive ketones (excluding diaryl/α,β-unsaturated/α-hetero) is 1. The monoisotopic (exact) mass is 388 g/mol. The molecule has 2 heterocycles. The number of benzene rings is 1. The van der Waals surface area contributed by atoms with Gasteiger partial charge in [-0.1, -0.05) is 41.9 Å². The number of rotatable bonds is 6. The molecule has 0 aliphatic carbocycles. The number of esters is 1. The van der Waals surface area contributed by atoms with Gasteiger partial charge in [-0.15, -0.1) is 16.4 Å². The Morgan fingerprint density at radius 3 is 2.62 bits per heavy atom. The van der Waals surface area contributed by atoms with Gasteiger partial charge in [0.05, 0.1) is 9.21 Å². The Morgan fingerprint density at radius 1 is 1.23 bits per heavy atom. The number of carbonyl (C=O) groups excluding carboxylic acids is 2. The van der Waals surface area contributed by atoms with Crippen LogP contribution in [0.1, 0.15) is 21.1 Å². The van der Waals surface area contributed by atoms with Crippen LogP contribution in [0.4, 0.5) is 0 Å². The summed E-state index contributed by atoms with van der Waals surface area (Å²) in [6.45, 7) is 1.26. The zero-order valence-electron chi connectivity index (χ0n) is 13.6. The van der Waals surface area contributed by atoms with E-state index in [1.165, 1.54) is 4.68 Å². The molecule has 7 nitrogen and oxygen atoms in total. The van der Waals surface area contributed by atoms with E-state index in [9.17, 15) is 9.59 Å². The lowest BCUT2D eigenvalue weighted by Crippen LogP contribution is -2.18. The quantitative estimate of drug-likeness (QED) is 0.366. The number of thiophene rings is 1. The molecule has 0 aliphatic heterocycles. The van der Waals surface area contributed by atoms with Crippen molar-refractivity contribution in [3.8, 4) is 0 Å². The van der Waals surface area contributed by atoms with Crippen molar-refractivity contribution < 1.29 is 14.3 Å². The zero-order chi connectivity index (χ0) is 18.5. The Kier molecular flexibility index (Phi) is 5.55. The Morgan fingerprint density at radius 2 is 2.00 bits per heavy atom. The molecule has 0 N–H and O–H groups in total. The van der Waals surface area contributed by atoms with Crippen molar-refractivity contribution in [3.63, 3.8) is 0 Å². The molecule has 0 fully saturated rings. The van der Waals surface area contributed by atoms with Crippen LogP contribution in [0.15, 0.2) is 42.5 Å². The number of carbonyl (C=O) groups is 2. The van der Waals surface area contributed by atoms with Gasteiger partial charge < -0.3 is 4.74 Å². The van der Waals surface area contributed by atoms with Crippen molar-refractivity contribution in [1.82, 2.24) is 20.2 Å². The van der Waals surface area contributed by atoms with Gasteiger partial charge in [0, 0.05) is 0 Å². The first kappa shape index (κ1) is 18.0. The average molecular weight is 389 g/mol. The maximum Gasteiger partial charge on any atom is 0.357 e. The predicted molar refractivity (Wildman–Crippen MR) is 97.8 cm³/mol. The number of tetrazole rings is 1. The normalized spacial score (nSPS) is 11.4. The molecule has 3 aromatic rings. The van der Waals surface area contributed by atoms with Gasteiger partial charge in [0.15, 0.2) is 18.1 Å². The Labute approximate surface area is 157 Å². The summed E-state index contributed by atoms with van der Waals surface area (Å²) in [7, 11) is 0. The molecule has 26 heavy (non-hydrogen) atoms. The molecule has 0 aliphatic rings. The fourth-order valence-electron chi connectivity index (χ4n) is 2.11. The fourth-order valence-corrected chi connectivity index (χ4v) is 3.08. The van der Waals surface area contributed by atoms with Crippen LogP contribution in [0.2, 0.25) is 4.34 Å². The average Bonchev–Trinajstić information content (AvgIpc) is 3.26. The van der Waals surface area contributed by atoms with Crippen molar-refractivity contribution in [2.45, 2.75) is 6.92 Å². The van der Waals surface area contributed by atoms with Crippen LogP contribution in [-0.2, 0) is 9.53 Å². The van der Waals surface area contributed by atoms with Crippen molar-refractivity contribution in [2.24, 2.45) is 0 Å². The van der Waals surface area contributed by atoms with E-state index in [2.05, 4.69) is 15.5 Å². The minimum Gasteiger partial charge on any atom is -0.453 e. The van der Waals surface area contributed by atoms with Gasteiger partial charge >= 0.3 is 5.97 Å². The van der Waals surface area contributed by atoms with Crippen molar-refractivity contribution >= 4 is 46.5 Å². The van der Waals surface area contributed by atoms with Gasteiger partial charge in [-0.05, 0) is 41.1 Å². The Bertz CT molecular complexity index is 965. The van der Waals surface area contributed by atoms with Crippen LogP contribution in [0, 0.1) is 6.92 Å². The highest BCUT2D eigenvalue weighted by Gasteiger charge is 2.20. The number of aromatic nitrogens is 4. The van der Waals surface area contributed by atoms with Crippen molar-refractivity contribution in [3.05, 3.63) is 63.1 Å². The third kappa shape index (κ3) is 4.22. The molecule has 3 rings (SSSR count). The van der Waals surface area contributed by atoms with Crippen LogP contribution in [0.3, 0.4) is 0 Å². The number of hydrogen-bond donors (Lipinski definition) is 0. The van der Waals surface area contributed by atoms with Gasteiger partial charge in [0.1, 0.15) is 0 Å². The van der Waals surface area contributed by atoms with Crippen LogP contribution in [-0.4, -0.2) is 38.6 Å². The van der Waals surface area contributed by atoms with E-state index in [1.54, 1.807) is 25.1 Å². The Hall–Kier alpha value is -2.84. The van der Waals surface area contributed by atoms with E-state index >= 15 is 0 Å². The predicted octanol–water partition coefficient (Wildman–Crippen LogP) is 3.12. The molecule has 0 amide bonds. The first-order valence-electron chi connectivity index (χ1n) is 7.52. The van der Waals surface area contributed by atoms with Gasteiger partial charge in [-0.2, -0.15) is 4.68 Å². The summed E-state index contributed by atoms with van der Waals surface area (Å²) in [5, 5.41) is 11.1. The highest BCUT2D eigenvalue weighted by Crippen LogP contribution is 2.22. The molecular formula is C17H13ClN4O3S. The van der Waals surface area contributed by atoms with E-state index in [1.807, 2.05) is 30.3 Å². The lowest BCUT2D eigenvalue weighted by molar-refractivity contribution is -0.136. The standard InChI is InChI=1S/C17H13ClN4O3S/c1-11-19-20-21-22(11)13(9-12-5-3-2-4-6-12)17(24)25-10-14(23)15-7-8-16(18)26-15/h2-9H,10H2,1H3/b13-9+. The second-order valence-electron chi connectivity index (χ2n) is 5.18. The summed E-state index contributed by atoms with van der Waals surface area (Å²) in [6.07, 6.45) is 1.60. The van der Waals surface area contributed by atoms with E-state index in [4.69, 9.17) is 16.3 Å². The third-order valence-electron chi connectivity index (χ3n) is 3.35. The highest BCUT2D eigenvalue weighted by molar-refractivity contribution is 7.18. The van der Waals surface area contributed by atoms with Crippen molar-refractivity contribution in [2.75, 3.05) is 6.61 Å². The van der Waals surface area contributed by atoms with Gasteiger partial charge in [0.25, 0.3) is 0 Å². The molecule has 0 spiro atoms. The number of halogens is 1. The molecule has 0 bridgehead atoms. The number of ketones is 1. The number of ether oxygens (including phenoxy) is 1. The summed E-state index contributed by atoms with van der Waals surface area (Å²) < 4.78 is 6.93. The highest BCUT2D eigenvalue weighted by atomic mass is 35.5. The maximum atomic E-state index is 12.6. The first-order chi connectivity index (χ1) is 12.5. The molecule has 1 aromatic carbocycles. The summed E-state index contributed by atoms with van der Waals surface area (Å²) in [5.74, 6) is -0.622. The zero-order valence-corrected chi connectivity index (χ0v) is 15.2. The number of hydrogen-bond acceptors (Lipinski definition) is 7. The largest absolute Gasteiger partial charge is 0.453 e. The molecule has 0 saturated heterocycles. The minimum atomic E-state index is -0.708. The summed E-state index contributed by atoms with van der Waals surface area (Å²) in [6, 6.07) is 12.4. The van der Waals surface area contributed by atoms with E-state index in [0.29, 0.717) is 15.0 Å². The Balaban J connectivity index is 1.80. The summed E-state index contributed by atoms with van der Waals surface area (Å²) >= 11 is 6.95. The molecule has 132 valence electrons. The molecular weight excluding hydrogens is 376 g/mol. The van der Waals surface area contributed by atoms with Crippen molar-refractivity contribution in [1.29, 1.82) is 0 Å². The first-order valence-corrected chi connectivity index (χ1v) is 8.72. The van der Waals surface area contributed by atoms with E-state index in [-0.39, 0.29) is 11.5 Å². The van der Waals surface area contributed by atoms with E-state index in [0.717, 1.165) is 16.9 Å². The second kappa shape index (κ2) is 8.03. The van der Waals surface area contributed by atoms with Gasteiger partial charge in [0.2, 0.25) is 5.78 Å². The molecule has 2 aromatic heterocycles. The lowest BCUT2D eigenvalue weighted by atomic mass is 10.2. The summed E-state index contributed by atoms with van der Waals surface area (Å²) in [5.41, 5.74) is 0.876. The summed E-state index contributed by atoms with van der Waals surface area (Å²) in [4.78, 5) is 25.1. The minimum absolute atomic E-state index is 0.107. The molecule has 9 heteroatoms. The van der Waals surface area contributed by atoms with Crippen LogP contribution >= 0.6 is 22.9 Å². The number of nitrogens with zero attached hydrogens (tertiary/aromatic N) is 4. The maximum absolute atomic E-state index is 12.6. The molecule has 0 saturated carbocycles. The van der Waals surface area contributed by atoms with Crippen LogP contribution in [0.25, 0.3) is 11.8 Å². The third-order valence-corrected chi connectivity index (χ3v) is 4.62. The molecule has 0 unspecified atom stereocenters. The molecule has 0 radical (unpaired) electrons. The van der Waals surface area contributed by atoms with Crippen LogP contribution in [0.5, 0.6) is 0 Å². The second-order valence-corrected chi connectivity index (χ2v) is 6.90. The number of aryl methyl sites for hydroxylation is 1. The molecule has 0 atom stereocenters. The van der Waals surface area contributed by atoms with Gasteiger partial charge in [-0.3, -0.25) is 4.79 Å². The smallest absolute Gasteiger partial charge is 0.357 e. The van der Waals surface area contributed by atoms with Crippen LogP contribution < -0.4 is 0 Å². The topological polar surface area (TPSA) is 87.0 Å². The SMILES string of the molecule is Cc1nnnn1/C(=C/c1ccccc1)C(=O)OCC(=O)c1ccc(Cl)s1. The van der Waals surface area contributed by atoms with E-state index < -0.39 is 12.6 Å². The van der Waals surface area contributed by atoms with Gasteiger partial charge in [-0.25, -0.2) is 4.79 Å². The lowest BCUT2D eigenvalue weighted by Gasteiger charge is -2.08. The fraction of sp³-hybridized carbons (Fsp3) is 0.118.